The number of hydrogen-bond acceptors (Lipinski definition) is 2. The van der Waals surface area contributed by atoms with Gasteiger partial charge in [-0.15, -0.1) is 0 Å². The average molecular weight is 223 g/mol. The fraction of sp³-hybridized carbons (Fsp3) is 0.769. The quantitative estimate of drug-likeness (QED) is 0.768. The summed E-state index contributed by atoms with van der Waals surface area (Å²) in [5.41, 5.74) is 2.39. The third kappa shape index (κ3) is 3.54. The Morgan fingerprint density at radius 1 is 1.38 bits per heavy atom. The molecule has 0 saturated carbocycles. The van der Waals surface area contributed by atoms with Gasteiger partial charge in [0.1, 0.15) is 0 Å². The molecular weight excluding hydrogens is 198 g/mol. The summed E-state index contributed by atoms with van der Waals surface area (Å²) in [5, 5.41) is 8.07. The Balaban J connectivity index is 2.61. The molecule has 0 radical (unpaired) electrons. The second-order valence-corrected chi connectivity index (χ2v) is 4.41. The van der Waals surface area contributed by atoms with Gasteiger partial charge in [0, 0.05) is 19.3 Å². The topological polar surface area (TPSA) is 29.9 Å². The van der Waals surface area contributed by atoms with E-state index < -0.39 is 0 Å². The zero-order chi connectivity index (χ0) is 12.0. The summed E-state index contributed by atoms with van der Waals surface area (Å²) < 4.78 is 1.90. The molecule has 1 rings (SSSR count). The summed E-state index contributed by atoms with van der Waals surface area (Å²) in [6.45, 7) is 6.64. The molecule has 0 spiro atoms. The van der Waals surface area contributed by atoms with E-state index in [1.807, 2.05) is 11.7 Å². The third-order valence-corrected chi connectivity index (χ3v) is 3.00. The minimum Gasteiger partial charge on any atom is -0.380 e. The lowest BCUT2D eigenvalue weighted by Gasteiger charge is -2.17. The Morgan fingerprint density at radius 3 is 2.69 bits per heavy atom. The van der Waals surface area contributed by atoms with E-state index in [9.17, 15) is 0 Å². The van der Waals surface area contributed by atoms with Crippen LogP contribution in [-0.2, 0) is 13.5 Å². The van der Waals surface area contributed by atoms with Crippen molar-refractivity contribution in [1.29, 1.82) is 0 Å². The second kappa shape index (κ2) is 6.56. The molecule has 1 unspecified atom stereocenters. The number of rotatable bonds is 7. The SMILES string of the molecule is CCCCC(CC)Nc1cn(C)nc1CC. The summed E-state index contributed by atoms with van der Waals surface area (Å²) >= 11 is 0. The summed E-state index contributed by atoms with van der Waals surface area (Å²) in [6.07, 6.45) is 8.09. The van der Waals surface area contributed by atoms with Crippen molar-refractivity contribution in [3.8, 4) is 0 Å². The van der Waals surface area contributed by atoms with Gasteiger partial charge in [0.15, 0.2) is 0 Å². The molecule has 0 fully saturated rings. The highest BCUT2D eigenvalue weighted by atomic mass is 15.3. The first-order valence-corrected chi connectivity index (χ1v) is 6.50. The highest BCUT2D eigenvalue weighted by Crippen LogP contribution is 2.18. The van der Waals surface area contributed by atoms with Crippen molar-refractivity contribution in [2.24, 2.45) is 7.05 Å². The van der Waals surface area contributed by atoms with Gasteiger partial charge in [-0.3, -0.25) is 4.68 Å². The van der Waals surface area contributed by atoms with Crippen LogP contribution in [-0.4, -0.2) is 15.8 Å². The van der Waals surface area contributed by atoms with Crippen molar-refractivity contribution in [2.75, 3.05) is 5.32 Å². The molecule has 1 atom stereocenters. The monoisotopic (exact) mass is 223 g/mol. The molecule has 16 heavy (non-hydrogen) atoms. The van der Waals surface area contributed by atoms with Gasteiger partial charge in [-0.05, 0) is 19.3 Å². The molecule has 0 aliphatic carbocycles. The van der Waals surface area contributed by atoms with E-state index >= 15 is 0 Å². The molecule has 1 aromatic rings. The molecule has 3 nitrogen and oxygen atoms in total. The van der Waals surface area contributed by atoms with E-state index in [2.05, 4.69) is 37.4 Å². The molecule has 0 aliphatic heterocycles. The maximum atomic E-state index is 4.45. The molecule has 0 saturated heterocycles. The van der Waals surface area contributed by atoms with Crippen LogP contribution in [0.4, 0.5) is 5.69 Å². The number of aryl methyl sites for hydroxylation is 2. The molecule has 3 heteroatoms. The number of hydrogen-bond donors (Lipinski definition) is 1. The second-order valence-electron chi connectivity index (χ2n) is 4.41. The highest BCUT2D eigenvalue weighted by Gasteiger charge is 2.10. The summed E-state index contributed by atoms with van der Waals surface area (Å²) in [4.78, 5) is 0. The molecule has 1 heterocycles. The summed E-state index contributed by atoms with van der Waals surface area (Å²) in [5.74, 6) is 0. The Morgan fingerprint density at radius 2 is 2.12 bits per heavy atom. The van der Waals surface area contributed by atoms with Crippen LogP contribution >= 0.6 is 0 Å². The van der Waals surface area contributed by atoms with Gasteiger partial charge >= 0.3 is 0 Å². The smallest absolute Gasteiger partial charge is 0.0853 e. The van der Waals surface area contributed by atoms with Crippen LogP contribution in [0.15, 0.2) is 6.20 Å². The van der Waals surface area contributed by atoms with Gasteiger partial charge < -0.3 is 5.32 Å². The van der Waals surface area contributed by atoms with Gasteiger partial charge in [0.05, 0.1) is 11.4 Å². The lowest BCUT2D eigenvalue weighted by atomic mass is 10.1. The van der Waals surface area contributed by atoms with Gasteiger partial charge in [0.2, 0.25) is 0 Å². The summed E-state index contributed by atoms with van der Waals surface area (Å²) in [6, 6.07) is 0.592. The van der Waals surface area contributed by atoms with Gasteiger partial charge in [-0.1, -0.05) is 33.6 Å². The van der Waals surface area contributed by atoms with E-state index in [0.29, 0.717) is 6.04 Å². The van der Waals surface area contributed by atoms with Crippen molar-refractivity contribution in [1.82, 2.24) is 9.78 Å². The third-order valence-electron chi connectivity index (χ3n) is 3.00. The Kier molecular flexibility index (Phi) is 5.36. The van der Waals surface area contributed by atoms with Crippen molar-refractivity contribution >= 4 is 5.69 Å². The van der Waals surface area contributed by atoms with Crippen LogP contribution in [0.5, 0.6) is 0 Å². The van der Waals surface area contributed by atoms with Gasteiger partial charge in [-0.25, -0.2) is 0 Å². The maximum Gasteiger partial charge on any atom is 0.0853 e. The average Bonchev–Trinajstić information content (AvgIpc) is 2.64. The van der Waals surface area contributed by atoms with Crippen LogP contribution in [0.3, 0.4) is 0 Å². The predicted octanol–water partition coefficient (Wildman–Crippen LogP) is 3.36. The van der Waals surface area contributed by atoms with E-state index in [1.165, 1.54) is 37.1 Å². The molecule has 92 valence electrons. The minimum atomic E-state index is 0.592. The van der Waals surface area contributed by atoms with Crippen molar-refractivity contribution in [3.63, 3.8) is 0 Å². The number of anilines is 1. The van der Waals surface area contributed by atoms with E-state index in [1.54, 1.807) is 0 Å². The van der Waals surface area contributed by atoms with Crippen LogP contribution in [0.1, 0.15) is 52.1 Å². The number of nitrogens with one attached hydrogen (secondary N) is 1. The highest BCUT2D eigenvalue weighted by molar-refractivity contribution is 5.47. The van der Waals surface area contributed by atoms with Crippen molar-refractivity contribution in [2.45, 2.75) is 58.9 Å². The number of unbranched alkanes of at least 4 members (excludes halogenated alkanes) is 1. The zero-order valence-electron chi connectivity index (χ0n) is 11.1. The zero-order valence-corrected chi connectivity index (χ0v) is 11.1. The fourth-order valence-corrected chi connectivity index (χ4v) is 1.97. The maximum absolute atomic E-state index is 4.45. The van der Waals surface area contributed by atoms with Crippen LogP contribution in [0.25, 0.3) is 0 Å². The first-order chi connectivity index (χ1) is 7.71. The van der Waals surface area contributed by atoms with Crippen LogP contribution in [0.2, 0.25) is 0 Å². The Bertz CT molecular complexity index is 304. The van der Waals surface area contributed by atoms with Crippen LogP contribution < -0.4 is 5.32 Å². The fourth-order valence-electron chi connectivity index (χ4n) is 1.97. The Hall–Kier alpha value is -0.990. The first-order valence-electron chi connectivity index (χ1n) is 6.50. The van der Waals surface area contributed by atoms with Gasteiger partial charge in [0.25, 0.3) is 0 Å². The number of nitrogens with zero attached hydrogens (tertiary/aromatic N) is 2. The van der Waals surface area contributed by atoms with E-state index in [0.717, 1.165) is 6.42 Å². The first kappa shape index (κ1) is 13.1. The largest absolute Gasteiger partial charge is 0.380 e. The van der Waals surface area contributed by atoms with E-state index in [-0.39, 0.29) is 0 Å². The lowest BCUT2D eigenvalue weighted by molar-refractivity contribution is 0.593. The lowest BCUT2D eigenvalue weighted by Crippen LogP contribution is -2.18. The van der Waals surface area contributed by atoms with Crippen molar-refractivity contribution < 1.29 is 0 Å². The Labute approximate surface area is 99.2 Å². The molecule has 0 bridgehead atoms. The molecule has 1 N–H and O–H groups in total. The minimum absolute atomic E-state index is 0.592. The molecule has 0 aromatic carbocycles. The predicted molar refractivity (Wildman–Crippen MR) is 69.8 cm³/mol. The summed E-state index contributed by atoms with van der Waals surface area (Å²) in [7, 11) is 1.98. The molecule has 0 amide bonds. The molecule has 1 aromatic heterocycles. The normalized spacial score (nSPS) is 12.8. The van der Waals surface area contributed by atoms with Crippen LogP contribution in [0, 0.1) is 0 Å². The van der Waals surface area contributed by atoms with Gasteiger partial charge in [-0.2, -0.15) is 5.10 Å². The number of aromatic nitrogens is 2. The molecule has 0 aliphatic rings. The van der Waals surface area contributed by atoms with Crippen molar-refractivity contribution in [3.05, 3.63) is 11.9 Å². The standard InChI is InChI=1S/C13H25N3/c1-5-8-9-11(6-2)14-13-10-16(4)15-12(13)7-3/h10-11,14H,5-9H2,1-4H3. The molecular formula is C13H25N3. The van der Waals surface area contributed by atoms with E-state index in [4.69, 9.17) is 0 Å².